The van der Waals surface area contributed by atoms with Crippen molar-refractivity contribution in [2.75, 3.05) is 9.62 Å². The average Bonchev–Trinajstić information content (AvgIpc) is 2.91. The molecule has 2 aromatic rings. The van der Waals surface area contributed by atoms with Crippen molar-refractivity contribution < 1.29 is 17.6 Å². The lowest BCUT2D eigenvalue weighted by Gasteiger charge is -2.32. The molecule has 1 heterocycles. The van der Waals surface area contributed by atoms with E-state index in [1.165, 1.54) is 24.3 Å². The molecule has 148 valence electrons. The maximum atomic E-state index is 13.7. The summed E-state index contributed by atoms with van der Waals surface area (Å²) in [6.07, 6.45) is 3.58. The van der Waals surface area contributed by atoms with E-state index >= 15 is 0 Å². The van der Waals surface area contributed by atoms with Gasteiger partial charge in [0.25, 0.3) is 10.0 Å². The van der Waals surface area contributed by atoms with Gasteiger partial charge >= 0.3 is 0 Å². The van der Waals surface area contributed by atoms with Crippen molar-refractivity contribution in [1.29, 1.82) is 0 Å². The molecule has 1 amide bonds. The standard InChI is InChI=1S/C21H23FN2O3S/c1-13-6-7-17(12-19(13)22)23-28(26,27)18-8-9-20-16(11-18)10-14(2)24(20)21(25)15-4-3-5-15/h6-9,11-12,14-15,23H,3-5,10H2,1-2H3. The number of aryl methyl sites for hydroxylation is 1. The van der Waals surface area contributed by atoms with Crippen LogP contribution in [0.5, 0.6) is 0 Å². The van der Waals surface area contributed by atoms with Crippen LogP contribution in [-0.2, 0) is 21.2 Å². The third-order valence-corrected chi connectivity index (χ3v) is 7.07. The molecule has 1 saturated carbocycles. The Bertz CT molecular complexity index is 1050. The molecule has 2 aromatic carbocycles. The quantitative estimate of drug-likeness (QED) is 0.840. The number of sulfonamides is 1. The predicted molar refractivity (Wildman–Crippen MR) is 106 cm³/mol. The number of halogens is 1. The summed E-state index contributed by atoms with van der Waals surface area (Å²) in [5.74, 6) is -0.232. The maximum Gasteiger partial charge on any atom is 0.261 e. The van der Waals surface area contributed by atoms with Gasteiger partial charge in [0.15, 0.2) is 0 Å². The second kappa shape index (κ2) is 6.88. The first kappa shape index (κ1) is 18.9. The molecule has 7 heteroatoms. The smallest absolute Gasteiger partial charge is 0.261 e. The zero-order valence-corrected chi connectivity index (χ0v) is 16.7. The Morgan fingerprint density at radius 1 is 1.18 bits per heavy atom. The molecule has 0 saturated heterocycles. The van der Waals surface area contributed by atoms with Crippen molar-refractivity contribution in [2.24, 2.45) is 5.92 Å². The van der Waals surface area contributed by atoms with Crippen molar-refractivity contribution in [2.45, 2.75) is 50.5 Å². The number of amides is 1. The predicted octanol–water partition coefficient (Wildman–Crippen LogP) is 4.01. The van der Waals surface area contributed by atoms with E-state index < -0.39 is 15.8 Å². The van der Waals surface area contributed by atoms with Gasteiger partial charge in [-0.15, -0.1) is 0 Å². The monoisotopic (exact) mass is 402 g/mol. The molecule has 1 atom stereocenters. The summed E-state index contributed by atoms with van der Waals surface area (Å²) in [6.45, 7) is 3.60. The summed E-state index contributed by atoms with van der Waals surface area (Å²) in [7, 11) is -3.85. The SMILES string of the molecule is Cc1ccc(NS(=O)(=O)c2ccc3c(c2)CC(C)N3C(=O)C2CCC2)cc1F. The van der Waals surface area contributed by atoms with Crippen LogP contribution in [0.2, 0.25) is 0 Å². The van der Waals surface area contributed by atoms with E-state index in [9.17, 15) is 17.6 Å². The van der Waals surface area contributed by atoms with Crippen molar-refractivity contribution in [3.05, 3.63) is 53.3 Å². The van der Waals surface area contributed by atoms with Crippen LogP contribution in [-0.4, -0.2) is 20.4 Å². The molecule has 4 rings (SSSR count). The molecule has 28 heavy (non-hydrogen) atoms. The van der Waals surface area contributed by atoms with Gasteiger partial charge in [-0.3, -0.25) is 9.52 Å². The van der Waals surface area contributed by atoms with Gasteiger partial charge in [-0.05, 0) is 74.6 Å². The lowest BCUT2D eigenvalue weighted by atomic mass is 9.84. The van der Waals surface area contributed by atoms with Crippen LogP contribution in [0.15, 0.2) is 41.3 Å². The molecule has 5 nitrogen and oxygen atoms in total. The van der Waals surface area contributed by atoms with E-state index in [0.717, 1.165) is 30.5 Å². The largest absolute Gasteiger partial charge is 0.309 e. The highest BCUT2D eigenvalue weighted by atomic mass is 32.2. The number of rotatable bonds is 4. The van der Waals surface area contributed by atoms with E-state index in [1.807, 2.05) is 11.8 Å². The number of carbonyl (C=O) groups excluding carboxylic acids is 1. The second-order valence-corrected chi connectivity index (χ2v) is 9.43. The van der Waals surface area contributed by atoms with Crippen LogP contribution in [0.3, 0.4) is 0 Å². The topological polar surface area (TPSA) is 66.5 Å². The molecule has 1 unspecified atom stereocenters. The summed E-state index contributed by atoms with van der Waals surface area (Å²) in [6, 6.07) is 9.07. The number of nitrogens with one attached hydrogen (secondary N) is 1. The third-order valence-electron chi connectivity index (χ3n) is 5.69. The second-order valence-electron chi connectivity index (χ2n) is 7.75. The maximum absolute atomic E-state index is 13.7. The molecular weight excluding hydrogens is 379 g/mol. The van der Waals surface area contributed by atoms with Crippen LogP contribution >= 0.6 is 0 Å². The minimum atomic E-state index is -3.85. The molecule has 2 aliphatic rings. The van der Waals surface area contributed by atoms with E-state index in [0.29, 0.717) is 12.0 Å². The number of nitrogens with zero attached hydrogens (tertiary/aromatic N) is 1. The first-order chi connectivity index (χ1) is 13.3. The number of anilines is 2. The van der Waals surface area contributed by atoms with Gasteiger partial charge in [0.1, 0.15) is 5.82 Å². The zero-order chi connectivity index (χ0) is 20.1. The molecule has 0 radical (unpaired) electrons. The lowest BCUT2D eigenvalue weighted by molar-refractivity contribution is -0.125. The normalized spacial score (nSPS) is 19.2. The van der Waals surface area contributed by atoms with Gasteiger partial charge < -0.3 is 4.90 Å². The first-order valence-electron chi connectivity index (χ1n) is 9.51. The molecule has 1 fully saturated rings. The fourth-order valence-corrected chi connectivity index (χ4v) is 4.93. The third kappa shape index (κ3) is 3.28. The number of fused-ring (bicyclic) bond motifs is 1. The van der Waals surface area contributed by atoms with Gasteiger partial charge in [0.05, 0.1) is 10.6 Å². The highest BCUT2D eigenvalue weighted by molar-refractivity contribution is 7.92. The molecule has 0 bridgehead atoms. The van der Waals surface area contributed by atoms with Crippen molar-refractivity contribution in [3.63, 3.8) is 0 Å². The van der Waals surface area contributed by atoms with Crippen LogP contribution in [0.25, 0.3) is 0 Å². The molecule has 1 N–H and O–H groups in total. The fourth-order valence-electron chi connectivity index (χ4n) is 3.83. The Balaban J connectivity index is 1.61. The van der Waals surface area contributed by atoms with E-state index in [-0.39, 0.29) is 28.4 Å². The van der Waals surface area contributed by atoms with Crippen molar-refractivity contribution >= 4 is 27.3 Å². The Kier molecular flexibility index (Phi) is 4.65. The van der Waals surface area contributed by atoms with Crippen molar-refractivity contribution in [3.8, 4) is 0 Å². The van der Waals surface area contributed by atoms with Crippen molar-refractivity contribution in [1.82, 2.24) is 0 Å². The lowest BCUT2D eigenvalue weighted by Crippen LogP contribution is -2.42. The molecule has 0 spiro atoms. The molecule has 1 aliphatic heterocycles. The fraction of sp³-hybridized carbons (Fsp3) is 0.381. The summed E-state index contributed by atoms with van der Waals surface area (Å²) >= 11 is 0. The van der Waals surface area contributed by atoms with Gasteiger partial charge in [-0.2, -0.15) is 0 Å². The first-order valence-corrected chi connectivity index (χ1v) is 11.0. The zero-order valence-electron chi connectivity index (χ0n) is 15.9. The van der Waals surface area contributed by atoms with E-state index in [4.69, 9.17) is 0 Å². The average molecular weight is 402 g/mol. The molecular formula is C21H23FN2O3S. The summed E-state index contributed by atoms with van der Waals surface area (Å²) in [4.78, 5) is 14.7. The number of hydrogen-bond donors (Lipinski definition) is 1. The summed E-state index contributed by atoms with van der Waals surface area (Å²) in [5, 5.41) is 0. The molecule has 1 aliphatic carbocycles. The van der Waals surface area contributed by atoms with Crippen LogP contribution in [0, 0.1) is 18.7 Å². The highest BCUT2D eigenvalue weighted by Crippen LogP contribution is 2.38. The van der Waals surface area contributed by atoms with Gasteiger partial charge in [0, 0.05) is 17.6 Å². The van der Waals surface area contributed by atoms with Crippen LogP contribution in [0.4, 0.5) is 15.8 Å². The number of benzene rings is 2. The minimum Gasteiger partial charge on any atom is -0.309 e. The van der Waals surface area contributed by atoms with Crippen LogP contribution in [0.1, 0.15) is 37.3 Å². The van der Waals surface area contributed by atoms with Gasteiger partial charge in [-0.1, -0.05) is 12.5 Å². The Morgan fingerprint density at radius 3 is 2.57 bits per heavy atom. The Hall–Kier alpha value is -2.41. The summed E-state index contributed by atoms with van der Waals surface area (Å²) < 4.78 is 41.6. The summed E-state index contributed by atoms with van der Waals surface area (Å²) in [5.41, 5.74) is 2.27. The highest BCUT2D eigenvalue weighted by Gasteiger charge is 2.37. The number of carbonyl (C=O) groups is 1. The number of hydrogen-bond acceptors (Lipinski definition) is 3. The van der Waals surface area contributed by atoms with E-state index in [1.54, 1.807) is 19.1 Å². The van der Waals surface area contributed by atoms with Gasteiger partial charge in [0.2, 0.25) is 5.91 Å². The minimum absolute atomic E-state index is 0.0141. The van der Waals surface area contributed by atoms with Gasteiger partial charge in [-0.25, -0.2) is 12.8 Å². The Morgan fingerprint density at radius 2 is 1.93 bits per heavy atom. The molecule has 0 aromatic heterocycles. The Labute approximate surface area is 164 Å². The van der Waals surface area contributed by atoms with Crippen LogP contribution < -0.4 is 9.62 Å². The van der Waals surface area contributed by atoms with E-state index in [2.05, 4.69) is 4.72 Å².